The standard InChI is InChI=1S/C18H20FNO3/c1-12(10-17(21)14-6-8-16(19)9-7-14)20-11-13-2-4-15(5-3-13)18(22)23/h2-9,12,17,20-21H,10-11H2,1H3,(H,22,23). The first-order valence-corrected chi connectivity index (χ1v) is 7.45. The number of hydrogen-bond donors (Lipinski definition) is 3. The van der Waals surface area contributed by atoms with Crippen molar-refractivity contribution in [2.24, 2.45) is 0 Å². The van der Waals surface area contributed by atoms with Gasteiger partial charge in [0, 0.05) is 12.6 Å². The van der Waals surface area contributed by atoms with E-state index < -0.39 is 12.1 Å². The van der Waals surface area contributed by atoms with Crippen LogP contribution in [0.2, 0.25) is 0 Å². The number of carboxylic acids is 1. The van der Waals surface area contributed by atoms with E-state index in [4.69, 9.17) is 5.11 Å². The highest BCUT2D eigenvalue weighted by molar-refractivity contribution is 5.87. The molecule has 2 rings (SSSR count). The van der Waals surface area contributed by atoms with E-state index in [1.807, 2.05) is 6.92 Å². The Morgan fingerprint density at radius 2 is 1.74 bits per heavy atom. The first kappa shape index (κ1) is 17.1. The van der Waals surface area contributed by atoms with Crippen molar-refractivity contribution in [2.75, 3.05) is 0 Å². The van der Waals surface area contributed by atoms with E-state index in [1.54, 1.807) is 36.4 Å². The Hall–Kier alpha value is -2.24. The lowest BCUT2D eigenvalue weighted by molar-refractivity contribution is 0.0697. The molecule has 0 fully saturated rings. The van der Waals surface area contributed by atoms with Gasteiger partial charge in [-0.25, -0.2) is 9.18 Å². The Morgan fingerprint density at radius 3 is 2.30 bits per heavy atom. The van der Waals surface area contributed by atoms with E-state index in [2.05, 4.69) is 5.32 Å². The minimum atomic E-state index is -0.944. The van der Waals surface area contributed by atoms with Crippen molar-refractivity contribution in [3.05, 3.63) is 71.0 Å². The Kier molecular flexibility index (Phi) is 5.84. The normalized spacial score (nSPS) is 13.5. The van der Waals surface area contributed by atoms with Crippen LogP contribution in [0.4, 0.5) is 4.39 Å². The third-order valence-corrected chi connectivity index (χ3v) is 3.69. The fraction of sp³-hybridized carbons (Fsp3) is 0.278. The Bertz CT molecular complexity index is 640. The molecule has 3 N–H and O–H groups in total. The van der Waals surface area contributed by atoms with E-state index in [9.17, 15) is 14.3 Å². The van der Waals surface area contributed by atoms with Crippen LogP contribution < -0.4 is 5.32 Å². The molecule has 2 aromatic carbocycles. The van der Waals surface area contributed by atoms with Crippen LogP contribution in [0, 0.1) is 5.82 Å². The van der Waals surface area contributed by atoms with Gasteiger partial charge in [0.15, 0.2) is 0 Å². The van der Waals surface area contributed by atoms with E-state index in [1.165, 1.54) is 12.1 Å². The summed E-state index contributed by atoms with van der Waals surface area (Å²) in [6.45, 7) is 2.54. The van der Waals surface area contributed by atoms with Crippen molar-refractivity contribution in [1.82, 2.24) is 5.32 Å². The highest BCUT2D eigenvalue weighted by Crippen LogP contribution is 2.18. The molecule has 0 aliphatic carbocycles. The zero-order valence-corrected chi connectivity index (χ0v) is 12.9. The average molecular weight is 317 g/mol. The molecule has 0 radical (unpaired) electrons. The largest absolute Gasteiger partial charge is 0.478 e. The fourth-order valence-corrected chi connectivity index (χ4v) is 2.30. The second kappa shape index (κ2) is 7.85. The number of aromatic carboxylic acids is 1. The molecule has 4 nitrogen and oxygen atoms in total. The number of hydrogen-bond acceptors (Lipinski definition) is 3. The van der Waals surface area contributed by atoms with Gasteiger partial charge in [-0.05, 0) is 48.7 Å². The molecule has 0 spiro atoms. The van der Waals surface area contributed by atoms with E-state index in [-0.39, 0.29) is 17.4 Å². The van der Waals surface area contributed by atoms with Crippen LogP contribution in [0.25, 0.3) is 0 Å². The summed E-state index contributed by atoms with van der Waals surface area (Å²) in [7, 11) is 0. The Balaban J connectivity index is 1.83. The number of halogens is 1. The van der Waals surface area contributed by atoms with Crippen molar-refractivity contribution in [3.8, 4) is 0 Å². The summed E-state index contributed by atoms with van der Waals surface area (Å²) in [6, 6.07) is 12.5. The fourth-order valence-electron chi connectivity index (χ4n) is 2.30. The quantitative estimate of drug-likeness (QED) is 0.734. The number of nitrogens with one attached hydrogen (secondary N) is 1. The second-order valence-electron chi connectivity index (χ2n) is 5.59. The minimum absolute atomic E-state index is 0.0502. The van der Waals surface area contributed by atoms with E-state index in [0.717, 1.165) is 5.56 Å². The van der Waals surface area contributed by atoms with Gasteiger partial charge < -0.3 is 15.5 Å². The lowest BCUT2D eigenvalue weighted by Gasteiger charge is -2.18. The molecular formula is C18H20FNO3. The SMILES string of the molecule is CC(CC(O)c1ccc(F)cc1)NCc1ccc(C(=O)O)cc1. The molecule has 2 atom stereocenters. The Labute approximate surface area is 134 Å². The highest BCUT2D eigenvalue weighted by atomic mass is 19.1. The summed E-state index contributed by atoms with van der Waals surface area (Å²) >= 11 is 0. The summed E-state index contributed by atoms with van der Waals surface area (Å²) in [6.07, 6.45) is -0.161. The zero-order valence-electron chi connectivity index (χ0n) is 12.9. The molecule has 2 unspecified atom stereocenters. The first-order valence-electron chi connectivity index (χ1n) is 7.45. The first-order chi connectivity index (χ1) is 11.0. The molecule has 0 bridgehead atoms. The number of aliphatic hydroxyl groups excluding tert-OH is 1. The van der Waals surface area contributed by atoms with Crippen LogP contribution in [0.3, 0.4) is 0 Å². The third kappa shape index (κ3) is 5.16. The number of carboxylic acid groups (broad SMARTS) is 1. The summed E-state index contributed by atoms with van der Waals surface area (Å²) < 4.78 is 12.9. The van der Waals surface area contributed by atoms with Crippen LogP contribution in [0.15, 0.2) is 48.5 Å². The zero-order chi connectivity index (χ0) is 16.8. The van der Waals surface area contributed by atoms with E-state index >= 15 is 0 Å². The average Bonchev–Trinajstić information content (AvgIpc) is 2.54. The lowest BCUT2D eigenvalue weighted by Crippen LogP contribution is -2.27. The van der Waals surface area contributed by atoms with E-state index in [0.29, 0.717) is 18.5 Å². The molecule has 0 aliphatic heterocycles. The van der Waals surface area contributed by atoms with Crippen molar-refractivity contribution in [1.29, 1.82) is 0 Å². The highest BCUT2D eigenvalue weighted by Gasteiger charge is 2.12. The number of benzene rings is 2. The Morgan fingerprint density at radius 1 is 1.13 bits per heavy atom. The topological polar surface area (TPSA) is 69.6 Å². The minimum Gasteiger partial charge on any atom is -0.478 e. The van der Waals surface area contributed by atoms with Crippen molar-refractivity contribution in [3.63, 3.8) is 0 Å². The van der Waals surface area contributed by atoms with Gasteiger partial charge in [0.25, 0.3) is 0 Å². The van der Waals surface area contributed by atoms with Gasteiger partial charge in [0.2, 0.25) is 0 Å². The van der Waals surface area contributed by atoms with Crippen molar-refractivity contribution >= 4 is 5.97 Å². The summed E-state index contributed by atoms with van der Waals surface area (Å²) in [4.78, 5) is 10.8. The van der Waals surface area contributed by atoms with Gasteiger partial charge in [-0.15, -0.1) is 0 Å². The smallest absolute Gasteiger partial charge is 0.335 e. The molecular weight excluding hydrogens is 297 g/mol. The number of aliphatic hydroxyl groups is 1. The molecule has 0 aliphatic rings. The molecule has 0 saturated heterocycles. The number of carbonyl (C=O) groups is 1. The van der Waals surface area contributed by atoms with Crippen LogP contribution in [0.5, 0.6) is 0 Å². The molecule has 2 aromatic rings. The van der Waals surface area contributed by atoms with Crippen LogP contribution in [-0.2, 0) is 6.54 Å². The molecule has 23 heavy (non-hydrogen) atoms. The van der Waals surface area contributed by atoms with Gasteiger partial charge >= 0.3 is 5.97 Å². The molecule has 122 valence electrons. The summed E-state index contributed by atoms with van der Waals surface area (Å²) in [5.74, 6) is -1.27. The second-order valence-corrected chi connectivity index (χ2v) is 5.59. The maximum atomic E-state index is 12.9. The van der Waals surface area contributed by atoms with Crippen LogP contribution in [-0.4, -0.2) is 22.2 Å². The summed E-state index contributed by atoms with van der Waals surface area (Å²) in [5.41, 5.74) is 1.91. The third-order valence-electron chi connectivity index (χ3n) is 3.69. The van der Waals surface area contributed by atoms with Gasteiger partial charge in [0.1, 0.15) is 5.82 Å². The van der Waals surface area contributed by atoms with Gasteiger partial charge in [-0.1, -0.05) is 24.3 Å². The monoisotopic (exact) mass is 317 g/mol. The van der Waals surface area contributed by atoms with Gasteiger partial charge in [-0.2, -0.15) is 0 Å². The molecule has 5 heteroatoms. The van der Waals surface area contributed by atoms with Crippen LogP contribution >= 0.6 is 0 Å². The molecule has 0 amide bonds. The van der Waals surface area contributed by atoms with Crippen LogP contribution in [0.1, 0.15) is 40.9 Å². The predicted octanol–water partition coefficient (Wildman–Crippen LogP) is 3.13. The molecule has 0 aromatic heterocycles. The molecule has 0 saturated carbocycles. The van der Waals surface area contributed by atoms with Crippen molar-refractivity contribution < 1.29 is 19.4 Å². The summed E-state index contributed by atoms with van der Waals surface area (Å²) in [5, 5.41) is 22.3. The maximum absolute atomic E-state index is 12.9. The maximum Gasteiger partial charge on any atom is 0.335 e. The van der Waals surface area contributed by atoms with Crippen molar-refractivity contribution in [2.45, 2.75) is 32.0 Å². The number of rotatable bonds is 7. The van der Waals surface area contributed by atoms with Gasteiger partial charge in [0.05, 0.1) is 11.7 Å². The van der Waals surface area contributed by atoms with Gasteiger partial charge in [-0.3, -0.25) is 0 Å². The lowest BCUT2D eigenvalue weighted by atomic mass is 10.0. The molecule has 0 heterocycles. The predicted molar refractivity (Wildman–Crippen MR) is 85.7 cm³/mol.